The lowest BCUT2D eigenvalue weighted by atomic mass is 10.1. The molecule has 0 atom stereocenters. The fourth-order valence-electron chi connectivity index (χ4n) is 1.82. The van der Waals surface area contributed by atoms with Crippen LogP contribution < -0.4 is 10.6 Å². The maximum atomic E-state index is 11.9. The minimum Gasteiger partial charge on any atom is -0.435 e. The molecular weight excluding hydrogens is 327 g/mol. The Morgan fingerprint density at radius 2 is 1.95 bits per heavy atom. The maximum absolute atomic E-state index is 11.9. The molecule has 22 heavy (non-hydrogen) atoms. The van der Waals surface area contributed by atoms with Crippen molar-refractivity contribution in [3.8, 4) is 0 Å². The molecule has 2 N–H and O–H groups in total. The smallest absolute Gasteiger partial charge is 0.287 e. The third-order valence-electron chi connectivity index (χ3n) is 2.82. The highest BCUT2D eigenvalue weighted by Crippen LogP contribution is 2.21. The van der Waals surface area contributed by atoms with E-state index in [9.17, 15) is 9.59 Å². The van der Waals surface area contributed by atoms with Gasteiger partial charge in [0.25, 0.3) is 5.91 Å². The number of anilines is 1. The van der Waals surface area contributed by atoms with Gasteiger partial charge in [-0.15, -0.1) is 0 Å². The van der Waals surface area contributed by atoms with Crippen LogP contribution in [0.1, 0.15) is 23.0 Å². The molecule has 5 nitrogen and oxygen atoms in total. The largest absolute Gasteiger partial charge is 0.435 e. The summed E-state index contributed by atoms with van der Waals surface area (Å²) in [6.45, 7) is 1.76. The maximum Gasteiger partial charge on any atom is 0.287 e. The molecule has 0 saturated heterocycles. The number of benzene rings is 1. The summed E-state index contributed by atoms with van der Waals surface area (Å²) in [6, 6.07) is 8.24. The summed E-state index contributed by atoms with van der Waals surface area (Å²) >= 11 is 11.9. The molecule has 116 valence electrons. The monoisotopic (exact) mass is 340 g/mol. The van der Waals surface area contributed by atoms with E-state index in [-0.39, 0.29) is 23.5 Å². The second-order valence-corrected chi connectivity index (χ2v) is 5.43. The molecule has 2 aromatic rings. The van der Waals surface area contributed by atoms with E-state index in [0.29, 0.717) is 23.0 Å². The molecule has 0 aliphatic carbocycles. The van der Waals surface area contributed by atoms with Crippen molar-refractivity contribution in [1.82, 2.24) is 5.32 Å². The molecule has 1 aromatic carbocycles. The topological polar surface area (TPSA) is 71.3 Å². The first-order chi connectivity index (χ1) is 10.5. The average molecular weight is 341 g/mol. The van der Waals surface area contributed by atoms with Gasteiger partial charge in [0.2, 0.25) is 5.91 Å². The molecule has 1 heterocycles. The number of carbonyl (C=O) groups is 2. The molecule has 7 heteroatoms. The summed E-state index contributed by atoms with van der Waals surface area (Å²) in [5.41, 5.74) is 0.893. The van der Waals surface area contributed by atoms with Crippen molar-refractivity contribution in [3.63, 3.8) is 0 Å². The van der Waals surface area contributed by atoms with Gasteiger partial charge in [0, 0.05) is 29.6 Å². The van der Waals surface area contributed by atoms with Gasteiger partial charge in [-0.1, -0.05) is 29.3 Å². The third kappa shape index (κ3) is 4.51. The summed E-state index contributed by atoms with van der Waals surface area (Å²) < 4.78 is 5.21. The summed E-state index contributed by atoms with van der Waals surface area (Å²) in [7, 11) is 0. The van der Waals surface area contributed by atoms with Crippen LogP contribution in [0.5, 0.6) is 0 Å². The summed E-state index contributed by atoms with van der Waals surface area (Å²) in [6.07, 6.45) is 0.570. The zero-order chi connectivity index (χ0) is 16.1. The molecule has 1 aromatic heterocycles. The lowest BCUT2D eigenvalue weighted by Crippen LogP contribution is -2.25. The first-order valence-electron chi connectivity index (χ1n) is 6.55. The second-order valence-electron chi connectivity index (χ2n) is 4.59. The minimum atomic E-state index is -0.360. The van der Waals surface area contributed by atoms with Gasteiger partial charge in [-0.2, -0.15) is 0 Å². The van der Waals surface area contributed by atoms with Crippen molar-refractivity contribution < 1.29 is 14.0 Å². The number of hydrogen-bond donors (Lipinski definition) is 2. The van der Waals surface area contributed by atoms with Crippen molar-refractivity contribution in [2.45, 2.75) is 13.3 Å². The van der Waals surface area contributed by atoms with E-state index in [1.165, 1.54) is 19.1 Å². The van der Waals surface area contributed by atoms with Crippen molar-refractivity contribution in [2.75, 3.05) is 11.9 Å². The first kappa shape index (κ1) is 16.4. The van der Waals surface area contributed by atoms with Crippen molar-refractivity contribution in [2.24, 2.45) is 0 Å². The zero-order valence-corrected chi connectivity index (χ0v) is 13.3. The van der Waals surface area contributed by atoms with E-state index in [4.69, 9.17) is 27.6 Å². The van der Waals surface area contributed by atoms with Gasteiger partial charge in [-0.3, -0.25) is 14.9 Å². The quantitative estimate of drug-likeness (QED) is 0.874. The van der Waals surface area contributed by atoms with E-state index in [1.54, 1.807) is 12.1 Å². The number of halogens is 2. The lowest BCUT2D eigenvalue weighted by Gasteiger charge is -2.06. The molecule has 0 spiro atoms. The Labute approximate surface area is 137 Å². The zero-order valence-electron chi connectivity index (χ0n) is 11.8. The van der Waals surface area contributed by atoms with Gasteiger partial charge < -0.3 is 9.73 Å². The molecule has 2 amide bonds. The van der Waals surface area contributed by atoms with Crippen molar-refractivity contribution in [1.29, 1.82) is 0 Å². The standard InChI is InChI=1S/C15H14Cl2N2O3/c1-9(20)19-14-5-4-13(22-14)15(21)18-7-6-10-2-3-11(16)8-12(10)17/h2-5,8H,6-7H2,1H3,(H,18,21)(H,19,20). The Balaban J connectivity index is 1.87. The lowest BCUT2D eigenvalue weighted by molar-refractivity contribution is -0.114. The van der Waals surface area contributed by atoms with Gasteiger partial charge in [-0.05, 0) is 30.2 Å². The molecular formula is C15H14Cl2N2O3. The van der Waals surface area contributed by atoms with Crippen LogP contribution in [-0.2, 0) is 11.2 Å². The van der Waals surface area contributed by atoms with Crippen molar-refractivity contribution in [3.05, 3.63) is 51.7 Å². The Morgan fingerprint density at radius 3 is 2.64 bits per heavy atom. The predicted octanol–water partition coefficient (Wildman–Crippen LogP) is 3.52. The van der Waals surface area contributed by atoms with E-state index in [0.717, 1.165) is 5.56 Å². The highest BCUT2D eigenvalue weighted by Gasteiger charge is 2.11. The van der Waals surface area contributed by atoms with Gasteiger partial charge in [0.1, 0.15) is 0 Å². The van der Waals surface area contributed by atoms with Crippen LogP contribution in [0.3, 0.4) is 0 Å². The van der Waals surface area contributed by atoms with E-state index >= 15 is 0 Å². The Kier molecular flexibility index (Phi) is 5.46. The SMILES string of the molecule is CC(=O)Nc1ccc(C(=O)NCCc2ccc(Cl)cc2Cl)o1. The molecule has 0 unspecified atom stereocenters. The Hall–Kier alpha value is -1.98. The van der Waals surface area contributed by atoms with E-state index in [1.807, 2.05) is 6.07 Å². The number of amides is 2. The number of furan rings is 1. The van der Waals surface area contributed by atoms with Crippen LogP contribution >= 0.6 is 23.2 Å². The average Bonchev–Trinajstić information content (AvgIpc) is 2.88. The second kappa shape index (κ2) is 7.33. The number of nitrogens with one attached hydrogen (secondary N) is 2. The number of rotatable bonds is 5. The number of hydrogen-bond acceptors (Lipinski definition) is 3. The summed E-state index contributed by atoms with van der Waals surface area (Å²) in [5.74, 6) is -0.260. The fraction of sp³-hybridized carbons (Fsp3) is 0.200. The molecule has 0 bridgehead atoms. The Bertz CT molecular complexity index is 698. The summed E-state index contributed by atoms with van der Waals surface area (Å²) in [5, 5.41) is 6.31. The van der Waals surface area contributed by atoms with Crippen LogP contribution in [0.25, 0.3) is 0 Å². The Morgan fingerprint density at radius 1 is 1.18 bits per heavy atom. The molecule has 2 rings (SSSR count). The highest BCUT2D eigenvalue weighted by atomic mass is 35.5. The van der Waals surface area contributed by atoms with Gasteiger partial charge in [0.15, 0.2) is 11.6 Å². The van der Waals surface area contributed by atoms with Gasteiger partial charge in [0.05, 0.1) is 0 Å². The highest BCUT2D eigenvalue weighted by molar-refractivity contribution is 6.35. The third-order valence-corrected chi connectivity index (χ3v) is 3.41. The van der Waals surface area contributed by atoms with Crippen molar-refractivity contribution >= 4 is 40.9 Å². The molecule has 0 radical (unpaired) electrons. The molecule has 0 saturated carbocycles. The number of carbonyl (C=O) groups excluding carboxylic acids is 2. The van der Waals surface area contributed by atoms with Gasteiger partial charge in [-0.25, -0.2) is 0 Å². The first-order valence-corrected chi connectivity index (χ1v) is 7.31. The van der Waals surface area contributed by atoms with Crippen LogP contribution in [0.4, 0.5) is 5.88 Å². The molecule has 0 aliphatic heterocycles. The van der Waals surface area contributed by atoms with Crippen LogP contribution in [-0.4, -0.2) is 18.4 Å². The van der Waals surface area contributed by atoms with E-state index < -0.39 is 0 Å². The van der Waals surface area contributed by atoms with Gasteiger partial charge >= 0.3 is 0 Å². The predicted molar refractivity (Wildman–Crippen MR) is 85.5 cm³/mol. The van der Waals surface area contributed by atoms with Crippen LogP contribution in [0.2, 0.25) is 10.0 Å². The fourth-order valence-corrected chi connectivity index (χ4v) is 2.33. The normalized spacial score (nSPS) is 10.3. The van der Waals surface area contributed by atoms with Crippen LogP contribution in [0.15, 0.2) is 34.7 Å². The summed E-state index contributed by atoms with van der Waals surface area (Å²) in [4.78, 5) is 22.8. The molecule has 0 aliphatic rings. The van der Waals surface area contributed by atoms with E-state index in [2.05, 4.69) is 10.6 Å². The van der Waals surface area contributed by atoms with Crippen LogP contribution in [0, 0.1) is 0 Å². The molecule has 0 fully saturated rings. The minimum absolute atomic E-state index is 0.131.